The average Bonchev–Trinajstić information content (AvgIpc) is 2.96. The van der Waals surface area contributed by atoms with Gasteiger partial charge in [0.2, 0.25) is 15.9 Å². The molecule has 0 saturated heterocycles. The van der Waals surface area contributed by atoms with Gasteiger partial charge in [0.1, 0.15) is 5.25 Å². The third-order valence-corrected chi connectivity index (χ3v) is 8.00. The summed E-state index contributed by atoms with van der Waals surface area (Å²) in [5.74, 6) is 0.382. The second kappa shape index (κ2) is 12.7. The molecule has 0 radical (unpaired) electrons. The van der Waals surface area contributed by atoms with Crippen LogP contribution in [0, 0.1) is 0 Å². The first-order valence-corrected chi connectivity index (χ1v) is 14.4. The Balaban J connectivity index is 1.48. The molecule has 206 valence electrons. The Labute approximate surface area is 236 Å². The first-order chi connectivity index (χ1) is 19.2. The first kappa shape index (κ1) is 28.7. The summed E-state index contributed by atoms with van der Waals surface area (Å²) in [6.07, 6.45) is 0. The fourth-order valence-corrected chi connectivity index (χ4v) is 5.31. The molecule has 0 fully saturated rings. The number of nitrogens with two attached hydrogens (primary N) is 1. The zero-order valence-corrected chi connectivity index (χ0v) is 23.3. The van der Waals surface area contributed by atoms with Crippen LogP contribution in [-0.4, -0.2) is 34.5 Å². The highest BCUT2D eigenvalue weighted by atomic mass is 32.2. The number of thioether (sulfide) groups is 1. The molecule has 0 aliphatic carbocycles. The van der Waals surface area contributed by atoms with Crippen molar-refractivity contribution < 1.29 is 27.5 Å². The maximum absolute atomic E-state index is 13.3. The lowest BCUT2D eigenvalue weighted by Crippen LogP contribution is -2.19. The number of hydrogen-bond acceptors (Lipinski definition) is 7. The quantitative estimate of drug-likeness (QED) is 0.224. The molecule has 0 heterocycles. The molecule has 9 nitrogen and oxygen atoms in total. The van der Waals surface area contributed by atoms with Crippen molar-refractivity contribution in [2.75, 3.05) is 24.9 Å². The molecule has 0 aliphatic heterocycles. The van der Waals surface area contributed by atoms with E-state index < -0.39 is 15.3 Å². The van der Waals surface area contributed by atoms with Gasteiger partial charge in [-0.3, -0.25) is 9.59 Å². The fraction of sp³-hybridized carbons (Fsp3) is 0.103. The van der Waals surface area contributed by atoms with Gasteiger partial charge in [-0.2, -0.15) is 0 Å². The summed E-state index contributed by atoms with van der Waals surface area (Å²) in [5, 5.41) is 10.2. The van der Waals surface area contributed by atoms with Crippen molar-refractivity contribution in [3.63, 3.8) is 0 Å². The molecule has 0 saturated carbocycles. The van der Waals surface area contributed by atoms with Gasteiger partial charge in [-0.25, -0.2) is 13.6 Å². The number of sulfonamides is 1. The lowest BCUT2D eigenvalue weighted by atomic mass is 10.1. The second-order valence-electron chi connectivity index (χ2n) is 8.52. The molecule has 0 aromatic heterocycles. The van der Waals surface area contributed by atoms with Gasteiger partial charge in [-0.1, -0.05) is 30.3 Å². The third-order valence-electron chi connectivity index (χ3n) is 5.80. The van der Waals surface area contributed by atoms with Crippen LogP contribution in [0.25, 0.3) is 0 Å². The maximum Gasteiger partial charge on any atom is 0.255 e. The van der Waals surface area contributed by atoms with Gasteiger partial charge in [0.05, 0.1) is 19.1 Å². The maximum atomic E-state index is 13.3. The summed E-state index contributed by atoms with van der Waals surface area (Å²) in [6, 6.07) is 27.0. The van der Waals surface area contributed by atoms with E-state index in [1.807, 2.05) is 42.5 Å². The Morgan fingerprint density at radius 3 is 1.98 bits per heavy atom. The lowest BCUT2D eigenvalue weighted by molar-refractivity contribution is -0.115. The van der Waals surface area contributed by atoms with Crippen LogP contribution >= 0.6 is 11.8 Å². The number of ether oxygens (including phenoxy) is 2. The minimum atomic E-state index is -3.84. The van der Waals surface area contributed by atoms with Crippen molar-refractivity contribution in [1.29, 1.82) is 0 Å². The molecule has 11 heteroatoms. The number of benzene rings is 4. The van der Waals surface area contributed by atoms with Crippen molar-refractivity contribution in [3.05, 3.63) is 108 Å². The third kappa shape index (κ3) is 7.20. The molecule has 0 bridgehead atoms. The van der Waals surface area contributed by atoms with Gasteiger partial charge in [-0.05, 0) is 72.3 Å². The smallest absolute Gasteiger partial charge is 0.255 e. The molecule has 4 rings (SSSR count). The molecular formula is C29H27N3O6S2. The number of hydrogen-bond donors (Lipinski definition) is 3. The Kier molecular flexibility index (Phi) is 9.10. The van der Waals surface area contributed by atoms with E-state index in [4.69, 9.17) is 14.6 Å². The molecule has 1 atom stereocenters. The van der Waals surface area contributed by atoms with Crippen molar-refractivity contribution in [1.82, 2.24) is 0 Å². The molecular weight excluding hydrogens is 550 g/mol. The van der Waals surface area contributed by atoms with E-state index >= 15 is 0 Å². The minimum absolute atomic E-state index is 0.0437. The lowest BCUT2D eigenvalue weighted by Gasteiger charge is -2.17. The Morgan fingerprint density at radius 2 is 1.38 bits per heavy atom. The Bertz CT molecular complexity index is 1590. The predicted molar refractivity (Wildman–Crippen MR) is 155 cm³/mol. The van der Waals surface area contributed by atoms with Crippen LogP contribution in [0.3, 0.4) is 0 Å². The monoisotopic (exact) mass is 577 g/mol. The minimum Gasteiger partial charge on any atom is -0.493 e. The summed E-state index contributed by atoms with van der Waals surface area (Å²) in [5.41, 5.74) is 2.22. The van der Waals surface area contributed by atoms with E-state index in [9.17, 15) is 18.0 Å². The predicted octanol–water partition coefficient (Wildman–Crippen LogP) is 5.08. The highest BCUT2D eigenvalue weighted by Crippen LogP contribution is 2.37. The highest BCUT2D eigenvalue weighted by Gasteiger charge is 2.22. The molecule has 1 unspecified atom stereocenters. The number of rotatable bonds is 10. The van der Waals surface area contributed by atoms with Crippen molar-refractivity contribution in [2.24, 2.45) is 5.14 Å². The number of methoxy groups -OCH3 is 2. The van der Waals surface area contributed by atoms with E-state index in [0.29, 0.717) is 28.4 Å². The highest BCUT2D eigenvalue weighted by molar-refractivity contribution is 8.00. The summed E-state index contributed by atoms with van der Waals surface area (Å²) >= 11 is 1.34. The van der Waals surface area contributed by atoms with Crippen LogP contribution in [0.4, 0.5) is 11.4 Å². The largest absolute Gasteiger partial charge is 0.493 e. The zero-order chi connectivity index (χ0) is 28.7. The van der Waals surface area contributed by atoms with Gasteiger partial charge >= 0.3 is 0 Å². The fourth-order valence-electron chi connectivity index (χ4n) is 3.77. The van der Waals surface area contributed by atoms with Crippen LogP contribution in [0.2, 0.25) is 0 Å². The molecule has 0 spiro atoms. The summed E-state index contributed by atoms with van der Waals surface area (Å²) in [6.45, 7) is 0. The molecule has 4 aromatic carbocycles. The molecule has 40 heavy (non-hydrogen) atoms. The van der Waals surface area contributed by atoms with Crippen molar-refractivity contribution >= 4 is 45.0 Å². The van der Waals surface area contributed by atoms with Crippen molar-refractivity contribution in [3.8, 4) is 11.5 Å². The molecule has 2 amide bonds. The van der Waals surface area contributed by atoms with E-state index in [2.05, 4.69) is 10.6 Å². The SMILES string of the molecule is COc1ccc(C(=O)Nc2ccc(SC(C(=O)Nc3ccc(S(N)(=O)=O)cc3)c3ccccc3)cc2)cc1OC. The number of carbonyl (C=O) groups is 2. The standard InChI is InChI=1S/C29H27N3O6S2/c1-37-25-17-8-20(18-26(25)38-2)28(33)31-21-9-13-23(14-10-21)39-27(19-6-4-3-5-7-19)29(34)32-22-11-15-24(16-12-22)40(30,35)36/h3-18,27H,1-2H3,(H,31,33)(H,32,34)(H2,30,35,36). The summed E-state index contributed by atoms with van der Waals surface area (Å²) in [7, 11) is -0.807. The van der Waals surface area contributed by atoms with E-state index in [0.717, 1.165) is 10.5 Å². The number of nitrogens with one attached hydrogen (secondary N) is 2. The van der Waals surface area contributed by atoms with Gasteiger partial charge in [-0.15, -0.1) is 11.8 Å². The van der Waals surface area contributed by atoms with Crippen molar-refractivity contribution in [2.45, 2.75) is 15.0 Å². The molecule has 0 aliphatic rings. The van der Waals surface area contributed by atoms with E-state index in [1.165, 1.54) is 50.2 Å². The number of anilines is 2. The van der Waals surface area contributed by atoms with Gasteiger partial charge in [0.25, 0.3) is 5.91 Å². The van der Waals surface area contributed by atoms with Gasteiger partial charge < -0.3 is 20.1 Å². The Hall–Kier alpha value is -4.32. The Morgan fingerprint density at radius 1 is 0.775 bits per heavy atom. The average molecular weight is 578 g/mol. The molecule has 4 aromatic rings. The van der Waals surface area contributed by atoms with Crippen LogP contribution in [0.15, 0.2) is 107 Å². The van der Waals surface area contributed by atoms with E-state index in [-0.39, 0.29) is 16.7 Å². The topological polar surface area (TPSA) is 137 Å². The van der Waals surface area contributed by atoms with E-state index in [1.54, 1.807) is 30.3 Å². The molecule has 4 N–H and O–H groups in total. The number of carbonyl (C=O) groups excluding carboxylic acids is 2. The number of amides is 2. The van der Waals surface area contributed by atoms with Crippen LogP contribution in [0.1, 0.15) is 21.2 Å². The van der Waals surface area contributed by atoms with Gasteiger partial charge in [0, 0.05) is 21.8 Å². The number of primary sulfonamides is 1. The second-order valence-corrected chi connectivity index (χ2v) is 11.3. The van der Waals surface area contributed by atoms with Gasteiger partial charge in [0.15, 0.2) is 11.5 Å². The van der Waals surface area contributed by atoms with Crippen LogP contribution in [0.5, 0.6) is 11.5 Å². The van der Waals surface area contributed by atoms with Crippen LogP contribution in [-0.2, 0) is 14.8 Å². The zero-order valence-electron chi connectivity index (χ0n) is 21.7. The van der Waals surface area contributed by atoms with Crippen LogP contribution < -0.4 is 25.2 Å². The summed E-state index contributed by atoms with van der Waals surface area (Å²) < 4.78 is 33.5. The normalized spacial score (nSPS) is 11.8. The summed E-state index contributed by atoms with van der Waals surface area (Å²) in [4.78, 5) is 26.8. The first-order valence-electron chi connectivity index (χ1n) is 12.0.